The van der Waals surface area contributed by atoms with Gasteiger partial charge in [0.1, 0.15) is 18.1 Å². The first-order chi connectivity index (χ1) is 12.7. The molecule has 0 saturated heterocycles. The molecule has 0 aromatic heterocycles. The molecule has 0 radical (unpaired) electrons. The maximum atomic E-state index is 5.69. The zero-order valence-electron chi connectivity index (χ0n) is 15.6. The Morgan fingerprint density at radius 3 is 2.38 bits per heavy atom. The number of rotatable bonds is 9. The van der Waals surface area contributed by atoms with Crippen molar-refractivity contribution in [1.82, 2.24) is 10.6 Å². The number of nitrogens with zero attached hydrogens (tertiary/aromatic N) is 1. The van der Waals surface area contributed by atoms with Crippen LogP contribution >= 0.6 is 0 Å². The lowest BCUT2D eigenvalue weighted by Gasteiger charge is -2.13. The highest BCUT2D eigenvalue weighted by Crippen LogP contribution is 2.16. The first kappa shape index (κ1) is 19.6. The molecule has 2 N–H and O–H groups in total. The zero-order chi connectivity index (χ0) is 18.6. The first-order valence-electron chi connectivity index (χ1n) is 8.53. The normalized spacial score (nSPS) is 11.1. The van der Waals surface area contributed by atoms with Crippen LogP contribution in [0, 0.1) is 0 Å². The summed E-state index contributed by atoms with van der Waals surface area (Å²) in [5, 5.41) is 6.53. The molecule has 0 atom stereocenters. The maximum Gasteiger partial charge on any atom is 0.191 e. The molecule has 0 aliphatic rings. The molecular weight excluding hydrogens is 330 g/mol. The van der Waals surface area contributed by atoms with E-state index in [1.807, 2.05) is 30.3 Å². The van der Waals surface area contributed by atoms with Gasteiger partial charge in [0.15, 0.2) is 5.96 Å². The van der Waals surface area contributed by atoms with E-state index in [9.17, 15) is 0 Å². The van der Waals surface area contributed by atoms with E-state index in [1.165, 1.54) is 5.56 Å². The molecule has 0 aliphatic carbocycles. The van der Waals surface area contributed by atoms with Gasteiger partial charge in [0, 0.05) is 20.7 Å². The van der Waals surface area contributed by atoms with Gasteiger partial charge >= 0.3 is 0 Å². The highest BCUT2D eigenvalue weighted by molar-refractivity contribution is 5.79. The molecule has 2 aromatic rings. The van der Waals surface area contributed by atoms with E-state index in [-0.39, 0.29) is 0 Å². The Balaban J connectivity index is 1.71. The van der Waals surface area contributed by atoms with Gasteiger partial charge in [-0.1, -0.05) is 24.3 Å². The van der Waals surface area contributed by atoms with E-state index in [0.29, 0.717) is 26.3 Å². The van der Waals surface area contributed by atoms with Crippen LogP contribution in [-0.4, -0.2) is 40.4 Å². The van der Waals surface area contributed by atoms with E-state index in [1.54, 1.807) is 21.3 Å². The van der Waals surface area contributed by atoms with Crippen molar-refractivity contribution in [2.24, 2.45) is 4.99 Å². The third-order valence-corrected chi connectivity index (χ3v) is 3.71. The SMILES string of the molecule is CN=C(NCCOc1ccc(OC)cc1)NCc1cccc(COC)c1. The van der Waals surface area contributed by atoms with Gasteiger partial charge in [-0.25, -0.2) is 0 Å². The van der Waals surface area contributed by atoms with Crippen LogP contribution in [-0.2, 0) is 17.9 Å². The Kier molecular flexibility index (Phi) is 8.29. The van der Waals surface area contributed by atoms with Crippen LogP contribution in [0.3, 0.4) is 0 Å². The second-order valence-electron chi connectivity index (χ2n) is 5.63. The average molecular weight is 357 g/mol. The minimum Gasteiger partial charge on any atom is -0.497 e. The number of guanidine groups is 1. The first-order valence-corrected chi connectivity index (χ1v) is 8.53. The topological polar surface area (TPSA) is 64.1 Å². The van der Waals surface area contributed by atoms with Crippen molar-refractivity contribution in [3.63, 3.8) is 0 Å². The second-order valence-corrected chi connectivity index (χ2v) is 5.63. The predicted octanol–water partition coefficient (Wildman–Crippen LogP) is 2.59. The molecular formula is C20H27N3O3. The Morgan fingerprint density at radius 1 is 0.962 bits per heavy atom. The van der Waals surface area contributed by atoms with E-state index in [4.69, 9.17) is 14.2 Å². The number of methoxy groups -OCH3 is 2. The van der Waals surface area contributed by atoms with Crippen molar-refractivity contribution in [2.45, 2.75) is 13.2 Å². The van der Waals surface area contributed by atoms with E-state index >= 15 is 0 Å². The number of benzene rings is 2. The van der Waals surface area contributed by atoms with Crippen molar-refractivity contribution in [2.75, 3.05) is 34.4 Å². The molecule has 0 bridgehead atoms. The number of nitrogens with one attached hydrogen (secondary N) is 2. The van der Waals surface area contributed by atoms with Crippen LogP contribution in [0.15, 0.2) is 53.5 Å². The van der Waals surface area contributed by atoms with Crippen LogP contribution in [0.25, 0.3) is 0 Å². The molecule has 140 valence electrons. The minimum absolute atomic E-state index is 0.538. The number of aliphatic imine (C=N–C) groups is 1. The summed E-state index contributed by atoms with van der Waals surface area (Å²) in [6.07, 6.45) is 0. The van der Waals surface area contributed by atoms with Gasteiger partial charge in [0.2, 0.25) is 0 Å². The maximum absolute atomic E-state index is 5.69. The Hall–Kier alpha value is -2.73. The second kappa shape index (κ2) is 11.0. The molecule has 0 spiro atoms. The molecule has 0 aliphatic heterocycles. The fraction of sp³-hybridized carbons (Fsp3) is 0.350. The lowest BCUT2D eigenvalue weighted by molar-refractivity contribution is 0.185. The van der Waals surface area contributed by atoms with Gasteiger partial charge in [-0.3, -0.25) is 4.99 Å². The summed E-state index contributed by atoms with van der Waals surface area (Å²) in [5.41, 5.74) is 2.33. The summed E-state index contributed by atoms with van der Waals surface area (Å²) in [5.74, 6) is 2.36. The lowest BCUT2D eigenvalue weighted by atomic mass is 10.1. The monoisotopic (exact) mass is 357 g/mol. The van der Waals surface area contributed by atoms with Crippen LogP contribution in [0.4, 0.5) is 0 Å². The zero-order valence-corrected chi connectivity index (χ0v) is 15.6. The van der Waals surface area contributed by atoms with Crippen molar-refractivity contribution >= 4 is 5.96 Å². The fourth-order valence-electron chi connectivity index (χ4n) is 2.41. The third kappa shape index (κ3) is 6.64. The van der Waals surface area contributed by atoms with Gasteiger partial charge in [-0.15, -0.1) is 0 Å². The summed E-state index contributed by atoms with van der Waals surface area (Å²) < 4.78 is 16.0. The summed E-state index contributed by atoms with van der Waals surface area (Å²) >= 11 is 0. The molecule has 0 heterocycles. The molecule has 0 unspecified atom stereocenters. The van der Waals surface area contributed by atoms with E-state index < -0.39 is 0 Å². The van der Waals surface area contributed by atoms with Gasteiger partial charge in [0.25, 0.3) is 0 Å². The predicted molar refractivity (Wildman–Crippen MR) is 104 cm³/mol. The minimum atomic E-state index is 0.538. The van der Waals surface area contributed by atoms with Gasteiger partial charge < -0.3 is 24.8 Å². The van der Waals surface area contributed by atoms with Crippen LogP contribution < -0.4 is 20.1 Å². The smallest absolute Gasteiger partial charge is 0.191 e. The molecule has 6 heteroatoms. The van der Waals surface area contributed by atoms with E-state index in [0.717, 1.165) is 23.0 Å². The quantitative estimate of drug-likeness (QED) is 0.410. The lowest BCUT2D eigenvalue weighted by Crippen LogP contribution is -2.38. The number of ether oxygens (including phenoxy) is 3. The molecule has 6 nitrogen and oxygen atoms in total. The number of hydrogen-bond donors (Lipinski definition) is 2. The van der Waals surface area contributed by atoms with Crippen molar-refractivity contribution in [3.8, 4) is 11.5 Å². The standard InChI is InChI=1S/C20H27N3O3/c1-21-20(23-14-16-5-4-6-17(13-16)15-24-2)22-11-12-26-19-9-7-18(25-3)8-10-19/h4-10,13H,11-12,14-15H2,1-3H3,(H2,21,22,23). The van der Waals surface area contributed by atoms with Crippen LogP contribution in [0.5, 0.6) is 11.5 Å². The molecule has 0 amide bonds. The molecule has 0 saturated carbocycles. The molecule has 2 aromatic carbocycles. The summed E-state index contributed by atoms with van der Waals surface area (Å²) in [7, 11) is 5.10. The number of hydrogen-bond acceptors (Lipinski definition) is 4. The Morgan fingerprint density at radius 2 is 1.69 bits per heavy atom. The Labute approximate surface area is 155 Å². The van der Waals surface area contributed by atoms with Gasteiger partial charge in [0.05, 0.1) is 20.3 Å². The Bertz CT molecular complexity index is 687. The van der Waals surface area contributed by atoms with E-state index in [2.05, 4.69) is 33.8 Å². The molecule has 0 fully saturated rings. The third-order valence-electron chi connectivity index (χ3n) is 3.71. The molecule has 2 rings (SSSR count). The van der Waals surface area contributed by atoms with Crippen molar-refractivity contribution in [1.29, 1.82) is 0 Å². The van der Waals surface area contributed by atoms with Crippen LogP contribution in [0.2, 0.25) is 0 Å². The van der Waals surface area contributed by atoms with Gasteiger partial charge in [-0.05, 0) is 35.4 Å². The highest BCUT2D eigenvalue weighted by atomic mass is 16.5. The van der Waals surface area contributed by atoms with Gasteiger partial charge in [-0.2, -0.15) is 0 Å². The highest BCUT2D eigenvalue weighted by Gasteiger charge is 2.00. The summed E-state index contributed by atoms with van der Waals surface area (Å²) in [4.78, 5) is 4.23. The summed E-state index contributed by atoms with van der Waals surface area (Å²) in [6, 6.07) is 15.8. The largest absolute Gasteiger partial charge is 0.497 e. The molecule has 26 heavy (non-hydrogen) atoms. The summed E-state index contributed by atoms with van der Waals surface area (Å²) in [6.45, 7) is 2.49. The fourth-order valence-corrected chi connectivity index (χ4v) is 2.41. The van der Waals surface area contributed by atoms with Crippen LogP contribution in [0.1, 0.15) is 11.1 Å². The van der Waals surface area contributed by atoms with Crippen molar-refractivity contribution in [3.05, 3.63) is 59.7 Å². The van der Waals surface area contributed by atoms with Crippen molar-refractivity contribution < 1.29 is 14.2 Å². The average Bonchev–Trinajstić information content (AvgIpc) is 2.68.